The Kier molecular flexibility index (Phi) is 12.8. The quantitative estimate of drug-likeness (QED) is 0.0921. The van der Waals surface area contributed by atoms with Crippen LogP contribution in [0, 0.1) is 20.8 Å². The number of fused-ring (bicyclic) bond motifs is 3. The maximum absolute atomic E-state index is 11.5. The van der Waals surface area contributed by atoms with Crippen LogP contribution in [0.5, 0.6) is 17.2 Å². The summed E-state index contributed by atoms with van der Waals surface area (Å²) >= 11 is 0. The molecule has 0 aliphatic rings. The summed E-state index contributed by atoms with van der Waals surface area (Å²) in [5, 5.41) is 36.8. The minimum Gasteiger partial charge on any atom is -0.487 e. The Hall–Kier alpha value is -7.95. The van der Waals surface area contributed by atoms with E-state index in [-0.39, 0.29) is 19.8 Å². The van der Waals surface area contributed by atoms with Crippen molar-refractivity contribution >= 4 is 32.7 Å². The number of ether oxygens (including phenoxy) is 3. The van der Waals surface area contributed by atoms with Gasteiger partial charge in [0.05, 0.1) is 0 Å². The average molecular weight is 910 g/mol. The van der Waals surface area contributed by atoms with Crippen molar-refractivity contribution in [3.05, 3.63) is 249 Å². The standard InChI is InChI=1S/C60H51N3O6/c1-37-49(34-67-52-28-25-46(43-22-13-31-61-55(43)52)58(64)40-16-7-4-8-17-40)38(2)51(36-69-54-30-27-48(45-24-15-33-63-57(45)54)60(66)42-20-11-6-12-21-42)39(3)50(37)35-68-53-29-26-47(44-23-14-32-62-56(44)53)59(65)41-18-9-5-10-19-41/h4-33,58-60,64-66H,34-36H2,1-3H3. The summed E-state index contributed by atoms with van der Waals surface area (Å²) in [6.45, 7) is 6.96. The predicted octanol–water partition coefficient (Wildman–Crippen LogP) is 12.2. The van der Waals surface area contributed by atoms with Crippen molar-refractivity contribution in [3.63, 3.8) is 0 Å². The van der Waals surface area contributed by atoms with Crippen molar-refractivity contribution < 1.29 is 29.5 Å². The van der Waals surface area contributed by atoms with Gasteiger partial charge in [0.15, 0.2) is 0 Å². The lowest BCUT2D eigenvalue weighted by Gasteiger charge is -2.24. The molecule has 0 radical (unpaired) electrons. The molecule has 0 aliphatic heterocycles. The zero-order chi connectivity index (χ0) is 47.4. The van der Waals surface area contributed by atoms with Crippen molar-refractivity contribution in [3.8, 4) is 17.2 Å². The van der Waals surface area contributed by atoms with Crippen LogP contribution in [0.4, 0.5) is 0 Å². The first-order valence-corrected chi connectivity index (χ1v) is 23.1. The molecule has 9 nitrogen and oxygen atoms in total. The van der Waals surface area contributed by atoms with Crippen molar-refractivity contribution in [1.82, 2.24) is 15.0 Å². The van der Waals surface area contributed by atoms with Gasteiger partial charge in [-0.05, 0) is 124 Å². The highest BCUT2D eigenvalue weighted by Gasteiger charge is 2.23. The van der Waals surface area contributed by atoms with Gasteiger partial charge in [0.1, 0.15) is 71.9 Å². The molecule has 3 heterocycles. The highest BCUT2D eigenvalue weighted by Crippen LogP contribution is 2.39. The summed E-state index contributed by atoms with van der Waals surface area (Å²) < 4.78 is 20.2. The lowest BCUT2D eigenvalue weighted by molar-refractivity contribution is 0.221. The van der Waals surface area contributed by atoms with E-state index in [1.54, 1.807) is 18.6 Å². The van der Waals surface area contributed by atoms with E-state index in [1.807, 2.05) is 164 Å². The third kappa shape index (κ3) is 8.87. The lowest BCUT2D eigenvalue weighted by atomic mass is 9.89. The van der Waals surface area contributed by atoms with Gasteiger partial charge in [-0.3, -0.25) is 15.0 Å². The molecule has 0 fully saturated rings. The van der Waals surface area contributed by atoms with Crippen LogP contribution < -0.4 is 14.2 Å². The van der Waals surface area contributed by atoms with Gasteiger partial charge in [0, 0.05) is 34.7 Å². The number of nitrogens with zero attached hydrogens (tertiary/aromatic N) is 3. The molecule has 10 aromatic rings. The minimum absolute atomic E-state index is 0.220. The lowest BCUT2D eigenvalue weighted by Crippen LogP contribution is -2.14. The van der Waals surface area contributed by atoms with E-state index in [4.69, 9.17) is 29.2 Å². The average Bonchev–Trinajstić information content (AvgIpc) is 3.40. The largest absolute Gasteiger partial charge is 0.487 e. The normalized spacial score (nSPS) is 12.8. The molecule has 3 atom stereocenters. The number of hydrogen-bond acceptors (Lipinski definition) is 9. The van der Waals surface area contributed by atoms with E-state index in [0.717, 1.165) is 82.9 Å². The van der Waals surface area contributed by atoms with E-state index in [9.17, 15) is 15.3 Å². The molecule has 0 bridgehead atoms. The second kappa shape index (κ2) is 19.7. The van der Waals surface area contributed by atoms with E-state index in [0.29, 0.717) is 33.8 Å². The molecule has 0 saturated heterocycles. The molecule has 7 aromatic carbocycles. The zero-order valence-electron chi connectivity index (χ0n) is 38.6. The van der Waals surface area contributed by atoms with Crippen LogP contribution in [0.1, 0.15) is 85.1 Å². The second-order valence-corrected chi connectivity index (χ2v) is 17.3. The third-order valence-corrected chi connectivity index (χ3v) is 13.4. The van der Waals surface area contributed by atoms with Crippen LogP contribution >= 0.6 is 0 Å². The molecule has 0 spiro atoms. The predicted molar refractivity (Wildman–Crippen MR) is 270 cm³/mol. The SMILES string of the molecule is Cc1c(COc2ccc(C(O)c3ccccc3)c3cccnc23)c(C)c(COc2ccc(C(O)c3ccccc3)c3cccnc23)c(C)c1COc1ccc(C(O)c2ccccc2)c2cccnc12. The van der Waals surface area contributed by atoms with Gasteiger partial charge < -0.3 is 29.5 Å². The Morgan fingerprint density at radius 1 is 0.348 bits per heavy atom. The van der Waals surface area contributed by atoms with E-state index in [1.165, 1.54) is 0 Å². The summed E-state index contributed by atoms with van der Waals surface area (Å²) in [4.78, 5) is 14.2. The van der Waals surface area contributed by atoms with Crippen molar-refractivity contribution in [2.45, 2.75) is 58.9 Å². The fraction of sp³-hybridized carbons (Fsp3) is 0.150. The number of pyridine rings is 3. The van der Waals surface area contributed by atoms with Crippen LogP contribution in [-0.4, -0.2) is 30.3 Å². The molecule has 9 heteroatoms. The molecule has 10 rings (SSSR count). The number of aromatic nitrogens is 3. The Morgan fingerprint density at radius 3 is 0.899 bits per heavy atom. The second-order valence-electron chi connectivity index (χ2n) is 17.3. The first-order chi connectivity index (χ1) is 33.8. The first kappa shape index (κ1) is 44.9. The molecule has 342 valence electrons. The van der Waals surface area contributed by atoms with Gasteiger partial charge in [0.25, 0.3) is 0 Å². The summed E-state index contributed by atoms with van der Waals surface area (Å²) in [5.41, 5.74) is 12.5. The number of rotatable bonds is 15. The van der Waals surface area contributed by atoms with Crippen LogP contribution in [0.3, 0.4) is 0 Å². The summed E-state index contributed by atoms with van der Waals surface area (Å²) in [7, 11) is 0. The van der Waals surface area contributed by atoms with Gasteiger partial charge in [0.2, 0.25) is 0 Å². The smallest absolute Gasteiger partial charge is 0.146 e. The van der Waals surface area contributed by atoms with Gasteiger partial charge in [-0.15, -0.1) is 0 Å². The van der Waals surface area contributed by atoms with E-state index >= 15 is 0 Å². The first-order valence-electron chi connectivity index (χ1n) is 23.1. The van der Waals surface area contributed by atoms with Crippen LogP contribution in [0.2, 0.25) is 0 Å². The summed E-state index contributed by atoms with van der Waals surface area (Å²) in [5.74, 6) is 1.78. The van der Waals surface area contributed by atoms with Crippen molar-refractivity contribution in [2.24, 2.45) is 0 Å². The maximum atomic E-state index is 11.5. The van der Waals surface area contributed by atoms with Gasteiger partial charge >= 0.3 is 0 Å². The number of aliphatic hydroxyl groups excluding tert-OH is 3. The fourth-order valence-corrected chi connectivity index (χ4v) is 9.51. The van der Waals surface area contributed by atoms with Crippen LogP contribution in [0.25, 0.3) is 32.7 Å². The molecule has 0 amide bonds. The van der Waals surface area contributed by atoms with E-state index in [2.05, 4.69) is 20.8 Å². The van der Waals surface area contributed by atoms with Crippen molar-refractivity contribution in [1.29, 1.82) is 0 Å². The maximum Gasteiger partial charge on any atom is 0.146 e. The zero-order valence-corrected chi connectivity index (χ0v) is 38.6. The molecule has 3 unspecified atom stereocenters. The summed E-state index contributed by atoms with van der Waals surface area (Å²) in [6, 6.07) is 51.7. The van der Waals surface area contributed by atoms with Gasteiger partial charge in [-0.25, -0.2) is 0 Å². The summed E-state index contributed by atoms with van der Waals surface area (Å²) in [6.07, 6.45) is 2.70. The third-order valence-electron chi connectivity index (χ3n) is 13.4. The molecule has 3 N–H and O–H groups in total. The van der Waals surface area contributed by atoms with Crippen LogP contribution in [0.15, 0.2) is 182 Å². The number of benzene rings is 7. The van der Waals surface area contributed by atoms with Gasteiger partial charge in [-0.1, -0.05) is 127 Å². The molecule has 0 saturated carbocycles. The number of hydrogen-bond donors (Lipinski definition) is 3. The Bertz CT molecular complexity index is 3060. The Morgan fingerprint density at radius 2 is 0.623 bits per heavy atom. The minimum atomic E-state index is -0.839. The highest BCUT2D eigenvalue weighted by atomic mass is 16.5. The molecular formula is C60H51N3O6. The Balaban J connectivity index is 1.01. The molecule has 69 heavy (non-hydrogen) atoms. The van der Waals surface area contributed by atoms with E-state index < -0.39 is 18.3 Å². The molecule has 0 aliphatic carbocycles. The number of aliphatic hydroxyl groups is 3. The fourth-order valence-electron chi connectivity index (χ4n) is 9.51. The monoisotopic (exact) mass is 909 g/mol. The van der Waals surface area contributed by atoms with Crippen LogP contribution in [-0.2, 0) is 19.8 Å². The van der Waals surface area contributed by atoms with Gasteiger partial charge in [-0.2, -0.15) is 0 Å². The molecule has 3 aromatic heterocycles. The highest BCUT2D eigenvalue weighted by molar-refractivity contribution is 5.90. The Labute approximate surface area is 400 Å². The van der Waals surface area contributed by atoms with Crippen molar-refractivity contribution in [2.75, 3.05) is 0 Å². The molecular weight excluding hydrogens is 859 g/mol. The topological polar surface area (TPSA) is 127 Å².